The summed E-state index contributed by atoms with van der Waals surface area (Å²) in [6, 6.07) is 8.14. The molecule has 4 nitrogen and oxygen atoms in total. The van der Waals surface area contributed by atoms with Gasteiger partial charge in [-0.3, -0.25) is 4.79 Å². The lowest BCUT2D eigenvalue weighted by Crippen LogP contribution is -2.38. The fourth-order valence-corrected chi connectivity index (χ4v) is 2.09. The van der Waals surface area contributed by atoms with Crippen molar-refractivity contribution in [2.24, 2.45) is 0 Å². The van der Waals surface area contributed by atoms with Gasteiger partial charge in [-0.25, -0.2) is 4.79 Å². The molecule has 2 rings (SSSR count). The second-order valence-electron chi connectivity index (χ2n) is 4.05. The minimum Gasteiger partial charge on any atom is -0.462 e. The van der Waals surface area contributed by atoms with Gasteiger partial charge in [0.05, 0.1) is 7.11 Å². The molecule has 1 aromatic carbocycles. The lowest BCUT2D eigenvalue weighted by molar-refractivity contribution is -0.158. The summed E-state index contributed by atoms with van der Waals surface area (Å²) in [5, 5.41) is 0. The highest BCUT2D eigenvalue weighted by Crippen LogP contribution is 2.15. The number of methoxy groups -OCH3 is 1. The van der Waals surface area contributed by atoms with E-state index in [0.717, 1.165) is 12.8 Å². The van der Waals surface area contributed by atoms with Crippen molar-refractivity contribution in [1.82, 2.24) is 4.90 Å². The first-order chi connectivity index (χ1) is 8.22. The zero-order chi connectivity index (χ0) is 12.3. The number of benzene rings is 1. The summed E-state index contributed by atoms with van der Waals surface area (Å²) in [6.07, 6.45) is 1.58. The van der Waals surface area contributed by atoms with Crippen LogP contribution in [-0.2, 0) is 27.2 Å². The van der Waals surface area contributed by atoms with Gasteiger partial charge in [0.1, 0.15) is 0 Å². The molecule has 0 fully saturated rings. The highest BCUT2D eigenvalue weighted by Gasteiger charge is 2.24. The van der Waals surface area contributed by atoms with Crippen LogP contribution in [0.5, 0.6) is 0 Å². The van der Waals surface area contributed by atoms with Gasteiger partial charge in [0, 0.05) is 13.1 Å². The van der Waals surface area contributed by atoms with Crippen molar-refractivity contribution in [2.45, 2.75) is 12.8 Å². The van der Waals surface area contributed by atoms with E-state index >= 15 is 0 Å². The highest BCUT2D eigenvalue weighted by molar-refractivity contribution is 6.32. The predicted octanol–water partition coefficient (Wildman–Crippen LogP) is 0.787. The molecule has 90 valence electrons. The summed E-state index contributed by atoms with van der Waals surface area (Å²) in [4.78, 5) is 24.4. The van der Waals surface area contributed by atoms with Crippen LogP contribution in [0.1, 0.15) is 11.1 Å². The Labute approximate surface area is 100 Å². The van der Waals surface area contributed by atoms with Gasteiger partial charge >= 0.3 is 11.9 Å². The predicted molar refractivity (Wildman–Crippen MR) is 62.4 cm³/mol. The van der Waals surface area contributed by atoms with E-state index in [1.54, 1.807) is 4.90 Å². The van der Waals surface area contributed by atoms with Crippen LogP contribution in [0.3, 0.4) is 0 Å². The number of fused-ring (bicyclic) bond motifs is 1. The molecule has 0 N–H and O–H groups in total. The molecular formula is C13H15NO3. The molecule has 17 heavy (non-hydrogen) atoms. The number of amides is 1. The van der Waals surface area contributed by atoms with E-state index in [2.05, 4.69) is 16.9 Å². The lowest BCUT2D eigenvalue weighted by atomic mass is 10.0. The maximum atomic E-state index is 11.7. The number of hydrogen-bond donors (Lipinski definition) is 0. The van der Waals surface area contributed by atoms with E-state index in [1.165, 1.54) is 18.2 Å². The van der Waals surface area contributed by atoms with Crippen LogP contribution in [-0.4, -0.2) is 37.0 Å². The largest absolute Gasteiger partial charge is 0.462 e. The van der Waals surface area contributed by atoms with Crippen molar-refractivity contribution in [3.8, 4) is 0 Å². The first kappa shape index (κ1) is 11.6. The van der Waals surface area contributed by atoms with Gasteiger partial charge in [-0.2, -0.15) is 0 Å². The maximum absolute atomic E-state index is 11.7. The van der Waals surface area contributed by atoms with E-state index in [1.807, 2.05) is 12.1 Å². The number of rotatable bonds is 0. The van der Waals surface area contributed by atoms with Crippen LogP contribution in [0.4, 0.5) is 0 Å². The van der Waals surface area contributed by atoms with E-state index in [9.17, 15) is 9.59 Å². The number of esters is 1. The molecule has 0 spiro atoms. The van der Waals surface area contributed by atoms with Gasteiger partial charge in [-0.05, 0) is 24.0 Å². The quantitative estimate of drug-likeness (QED) is 0.491. The van der Waals surface area contributed by atoms with Gasteiger partial charge in [0.15, 0.2) is 0 Å². The Kier molecular flexibility index (Phi) is 3.42. The van der Waals surface area contributed by atoms with Crippen molar-refractivity contribution >= 4 is 11.9 Å². The molecule has 0 saturated carbocycles. The van der Waals surface area contributed by atoms with Crippen LogP contribution in [0.15, 0.2) is 24.3 Å². The average molecular weight is 233 g/mol. The first-order valence-electron chi connectivity index (χ1n) is 5.66. The zero-order valence-electron chi connectivity index (χ0n) is 9.81. The molecule has 4 heteroatoms. The van der Waals surface area contributed by atoms with Gasteiger partial charge in [0.2, 0.25) is 0 Å². The monoisotopic (exact) mass is 233 g/mol. The molecule has 1 amide bonds. The van der Waals surface area contributed by atoms with Crippen LogP contribution < -0.4 is 0 Å². The number of nitrogens with zero attached hydrogens (tertiary/aromatic N) is 1. The highest BCUT2D eigenvalue weighted by atomic mass is 16.5. The van der Waals surface area contributed by atoms with Gasteiger partial charge in [-0.1, -0.05) is 24.3 Å². The van der Waals surface area contributed by atoms with Crippen molar-refractivity contribution in [2.75, 3.05) is 20.2 Å². The maximum Gasteiger partial charge on any atom is 0.396 e. The summed E-state index contributed by atoms with van der Waals surface area (Å²) in [6.45, 7) is 1.15. The van der Waals surface area contributed by atoms with E-state index in [0.29, 0.717) is 13.1 Å². The SMILES string of the molecule is COC(=O)C(=O)N1CCc2ccccc2CC1. The third-order valence-corrected chi connectivity index (χ3v) is 3.07. The van der Waals surface area contributed by atoms with Crippen LogP contribution in [0.25, 0.3) is 0 Å². The molecule has 0 saturated heterocycles. The Morgan fingerprint density at radius 1 is 1.12 bits per heavy atom. The van der Waals surface area contributed by atoms with Gasteiger partial charge in [-0.15, -0.1) is 0 Å². The standard InChI is InChI=1S/C13H15NO3/c1-17-13(16)12(15)14-8-6-10-4-2-3-5-11(10)7-9-14/h2-5H,6-9H2,1H3. The van der Waals surface area contributed by atoms with Crippen molar-refractivity contribution in [3.63, 3.8) is 0 Å². The number of carbonyl (C=O) groups excluding carboxylic acids is 2. The molecule has 1 aliphatic rings. The first-order valence-corrected chi connectivity index (χ1v) is 5.66. The Hall–Kier alpha value is -1.84. The molecule has 0 unspecified atom stereocenters. The number of carbonyl (C=O) groups is 2. The Bertz CT molecular complexity index is 415. The van der Waals surface area contributed by atoms with Crippen molar-refractivity contribution in [3.05, 3.63) is 35.4 Å². The Morgan fingerprint density at radius 2 is 1.65 bits per heavy atom. The molecule has 0 atom stereocenters. The molecule has 1 aliphatic heterocycles. The summed E-state index contributed by atoms with van der Waals surface area (Å²) in [5.41, 5.74) is 2.51. The van der Waals surface area contributed by atoms with Crippen molar-refractivity contribution in [1.29, 1.82) is 0 Å². The minimum atomic E-state index is -0.782. The zero-order valence-corrected chi connectivity index (χ0v) is 9.81. The Morgan fingerprint density at radius 3 is 2.12 bits per heavy atom. The topological polar surface area (TPSA) is 46.6 Å². The summed E-state index contributed by atoms with van der Waals surface area (Å²) >= 11 is 0. The Balaban J connectivity index is 2.09. The van der Waals surface area contributed by atoms with Gasteiger partial charge in [0.25, 0.3) is 0 Å². The van der Waals surface area contributed by atoms with Gasteiger partial charge < -0.3 is 9.64 Å². The van der Waals surface area contributed by atoms with E-state index < -0.39 is 11.9 Å². The smallest absolute Gasteiger partial charge is 0.396 e. The lowest BCUT2D eigenvalue weighted by Gasteiger charge is -2.18. The second-order valence-corrected chi connectivity index (χ2v) is 4.05. The van der Waals surface area contributed by atoms with Crippen LogP contribution >= 0.6 is 0 Å². The summed E-state index contributed by atoms with van der Waals surface area (Å²) in [5.74, 6) is -1.32. The molecule has 1 heterocycles. The number of hydrogen-bond acceptors (Lipinski definition) is 3. The normalized spacial score (nSPS) is 14.8. The van der Waals surface area contributed by atoms with Crippen LogP contribution in [0.2, 0.25) is 0 Å². The summed E-state index contributed by atoms with van der Waals surface area (Å²) in [7, 11) is 1.23. The number of ether oxygens (including phenoxy) is 1. The molecule has 0 radical (unpaired) electrons. The average Bonchev–Trinajstić information content (AvgIpc) is 2.59. The van der Waals surface area contributed by atoms with E-state index in [4.69, 9.17) is 0 Å². The minimum absolute atomic E-state index is 0.541. The molecule has 0 bridgehead atoms. The van der Waals surface area contributed by atoms with Crippen molar-refractivity contribution < 1.29 is 14.3 Å². The summed E-state index contributed by atoms with van der Waals surface area (Å²) < 4.78 is 4.45. The third kappa shape index (κ3) is 2.46. The van der Waals surface area contributed by atoms with E-state index in [-0.39, 0.29) is 0 Å². The molecule has 0 aliphatic carbocycles. The van der Waals surface area contributed by atoms with Crippen LogP contribution in [0, 0.1) is 0 Å². The molecule has 0 aromatic heterocycles. The third-order valence-electron chi connectivity index (χ3n) is 3.07. The molecular weight excluding hydrogens is 218 g/mol. The second kappa shape index (κ2) is 4.99. The molecule has 1 aromatic rings. The fraction of sp³-hybridized carbons (Fsp3) is 0.385. The fourth-order valence-electron chi connectivity index (χ4n) is 2.09.